The highest BCUT2D eigenvalue weighted by atomic mass is 32.3. The van der Waals surface area contributed by atoms with Crippen molar-refractivity contribution in [2.75, 3.05) is 23.0 Å². The van der Waals surface area contributed by atoms with Gasteiger partial charge in [-0.3, -0.25) is 4.79 Å². The molecule has 0 amide bonds. The van der Waals surface area contributed by atoms with Gasteiger partial charge in [-0.2, -0.15) is 8.42 Å². The minimum atomic E-state index is -3.52. The van der Waals surface area contributed by atoms with Gasteiger partial charge in [0.05, 0.1) is 11.5 Å². The quantitative estimate of drug-likeness (QED) is 0.595. The molecule has 0 saturated heterocycles. The summed E-state index contributed by atoms with van der Waals surface area (Å²) in [5.74, 6) is 2.00. The van der Waals surface area contributed by atoms with Crippen LogP contribution in [0.4, 0.5) is 0 Å². The van der Waals surface area contributed by atoms with E-state index in [9.17, 15) is 13.2 Å². The maximum Gasteiger partial charge on any atom is 0.276 e. The van der Waals surface area contributed by atoms with Gasteiger partial charge in [0.25, 0.3) is 10.1 Å². The molecule has 0 heterocycles. The number of Topliss-reactive ketones (excluding diaryl/α,β-unsaturated/α-hetero) is 1. The fraction of sp³-hybridized carbons (Fsp3) is 0.938. The predicted molar refractivity (Wildman–Crippen MR) is 94.9 cm³/mol. The average molecular weight is 353 g/mol. The first-order chi connectivity index (χ1) is 10.4. The van der Waals surface area contributed by atoms with Crippen LogP contribution in [0.3, 0.4) is 0 Å². The fourth-order valence-electron chi connectivity index (χ4n) is 2.91. The highest BCUT2D eigenvalue weighted by molar-refractivity contribution is 8.33. The Balaban J connectivity index is 2.75. The summed E-state index contributed by atoms with van der Waals surface area (Å²) in [7, 11) is -5.36. The van der Waals surface area contributed by atoms with Gasteiger partial charge in [-0.05, 0) is 30.8 Å². The summed E-state index contributed by atoms with van der Waals surface area (Å²) in [5, 5.41) is 0. The van der Waals surface area contributed by atoms with Crippen LogP contribution < -0.4 is 0 Å². The summed E-state index contributed by atoms with van der Waals surface area (Å²) in [5.41, 5.74) is 0. The average Bonchev–Trinajstić information content (AvgIpc) is 2.52. The van der Waals surface area contributed by atoms with Crippen molar-refractivity contribution < 1.29 is 16.8 Å². The van der Waals surface area contributed by atoms with Crippen LogP contribution in [0.1, 0.15) is 65.7 Å². The second-order valence-corrected chi connectivity index (χ2v) is 11.6. The van der Waals surface area contributed by atoms with Gasteiger partial charge < -0.3 is 0 Å². The number of rotatable bonds is 10. The SMILES string of the molecule is CCCCS(=O)(=O)OS(CC)(CC)CC(=O)C1CCCCC1. The van der Waals surface area contributed by atoms with Crippen LogP contribution in [0.5, 0.6) is 0 Å². The van der Waals surface area contributed by atoms with Crippen LogP contribution in [0.15, 0.2) is 0 Å². The number of hydrogen-bond acceptors (Lipinski definition) is 4. The molecule has 0 N–H and O–H groups in total. The van der Waals surface area contributed by atoms with Crippen LogP contribution in [-0.4, -0.2) is 37.2 Å². The molecular formula is C16H32O4S2. The Morgan fingerprint density at radius 3 is 2.14 bits per heavy atom. The van der Waals surface area contributed by atoms with E-state index < -0.39 is 20.4 Å². The lowest BCUT2D eigenvalue weighted by Gasteiger charge is -2.37. The van der Waals surface area contributed by atoms with E-state index >= 15 is 0 Å². The van der Waals surface area contributed by atoms with Crippen molar-refractivity contribution in [1.82, 2.24) is 0 Å². The van der Waals surface area contributed by atoms with Gasteiger partial charge in [0.15, 0.2) is 0 Å². The molecule has 6 heteroatoms. The molecule has 1 aliphatic rings. The van der Waals surface area contributed by atoms with Crippen molar-refractivity contribution >= 4 is 26.2 Å². The molecule has 1 fully saturated rings. The predicted octanol–water partition coefficient (Wildman–Crippen LogP) is 4.04. The standard InChI is InChI=1S/C16H32O4S2/c1-4-7-13-22(18,19)20-21(5-2,6-3)14-16(17)15-11-9-8-10-12-15/h15H,4-14H2,1-3H3. The van der Waals surface area contributed by atoms with Gasteiger partial charge in [0.1, 0.15) is 5.78 Å². The largest absolute Gasteiger partial charge is 0.298 e. The van der Waals surface area contributed by atoms with Gasteiger partial charge in [-0.15, -0.1) is 10.3 Å². The molecular weight excluding hydrogens is 320 g/mol. The first kappa shape index (κ1) is 20.0. The van der Waals surface area contributed by atoms with Crippen LogP contribution in [0, 0.1) is 5.92 Å². The Labute approximate surface area is 138 Å². The van der Waals surface area contributed by atoms with E-state index in [1.807, 2.05) is 20.8 Å². The molecule has 0 aromatic heterocycles. The Morgan fingerprint density at radius 1 is 1.05 bits per heavy atom. The van der Waals surface area contributed by atoms with E-state index in [0.29, 0.717) is 23.7 Å². The molecule has 1 rings (SSSR count). The van der Waals surface area contributed by atoms with E-state index in [4.69, 9.17) is 3.63 Å². The lowest BCUT2D eigenvalue weighted by atomic mass is 9.87. The monoisotopic (exact) mass is 352 g/mol. The molecule has 0 spiro atoms. The number of ketones is 1. The van der Waals surface area contributed by atoms with Gasteiger partial charge in [0, 0.05) is 5.92 Å². The zero-order chi connectivity index (χ0) is 16.6. The highest BCUT2D eigenvalue weighted by Gasteiger charge is 2.33. The second-order valence-electron chi connectivity index (χ2n) is 6.17. The zero-order valence-corrected chi connectivity index (χ0v) is 15.9. The maximum absolute atomic E-state index is 12.6. The maximum atomic E-state index is 12.6. The van der Waals surface area contributed by atoms with Gasteiger partial charge in [-0.1, -0.05) is 46.5 Å². The minimum Gasteiger partial charge on any atom is -0.298 e. The second kappa shape index (κ2) is 9.28. The smallest absolute Gasteiger partial charge is 0.276 e. The topological polar surface area (TPSA) is 60.4 Å². The van der Waals surface area contributed by atoms with Crippen LogP contribution >= 0.6 is 10.3 Å². The normalized spacial score (nSPS) is 18.3. The molecule has 0 atom stereocenters. The third-order valence-corrected chi connectivity index (χ3v) is 10.2. The lowest BCUT2D eigenvalue weighted by Crippen LogP contribution is -2.29. The van der Waals surface area contributed by atoms with Crippen LogP contribution in [-0.2, 0) is 18.5 Å². The van der Waals surface area contributed by atoms with E-state index in [1.165, 1.54) is 6.42 Å². The third-order valence-electron chi connectivity index (χ3n) is 4.51. The van der Waals surface area contributed by atoms with E-state index in [1.54, 1.807) is 0 Å². The summed E-state index contributed by atoms with van der Waals surface area (Å²) in [6.07, 6.45) is 6.81. The van der Waals surface area contributed by atoms with Crippen molar-refractivity contribution in [2.24, 2.45) is 5.92 Å². The molecule has 1 saturated carbocycles. The van der Waals surface area contributed by atoms with Gasteiger partial charge in [-0.25, -0.2) is 3.63 Å². The highest BCUT2D eigenvalue weighted by Crippen LogP contribution is 2.51. The molecule has 0 aliphatic heterocycles. The van der Waals surface area contributed by atoms with E-state index in [2.05, 4.69) is 0 Å². The minimum absolute atomic E-state index is 0.0653. The number of unbranched alkanes of at least 4 members (excludes halogenated alkanes) is 1. The molecule has 0 aromatic rings. The van der Waals surface area contributed by atoms with Gasteiger partial charge >= 0.3 is 0 Å². The zero-order valence-electron chi connectivity index (χ0n) is 14.3. The van der Waals surface area contributed by atoms with Crippen molar-refractivity contribution in [3.63, 3.8) is 0 Å². The van der Waals surface area contributed by atoms with Crippen LogP contribution in [0.25, 0.3) is 0 Å². The Morgan fingerprint density at radius 2 is 1.64 bits per heavy atom. The fourth-order valence-corrected chi connectivity index (χ4v) is 8.11. The lowest BCUT2D eigenvalue weighted by molar-refractivity contribution is -0.121. The third kappa shape index (κ3) is 6.20. The summed E-state index contributed by atoms with van der Waals surface area (Å²) >= 11 is 0. The molecule has 0 bridgehead atoms. The number of carbonyl (C=O) groups is 1. The number of carbonyl (C=O) groups excluding carboxylic acids is 1. The van der Waals surface area contributed by atoms with Gasteiger partial charge in [0.2, 0.25) is 0 Å². The summed E-state index contributed by atoms with van der Waals surface area (Å²) in [6, 6.07) is 0. The van der Waals surface area contributed by atoms with Crippen molar-refractivity contribution in [3.05, 3.63) is 0 Å². The molecule has 1 aliphatic carbocycles. The Kier molecular flexibility index (Phi) is 8.43. The molecule has 0 unspecified atom stereocenters. The van der Waals surface area contributed by atoms with Crippen molar-refractivity contribution in [2.45, 2.75) is 65.7 Å². The summed E-state index contributed by atoms with van der Waals surface area (Å²) < 4.78 is 30.0. The van der Waals surface area contributed by atoms with Crippen molar-refractivity contribution in [1.29, 1.82) is 0 Å². The Hall–Kier alpha value is -0.0700. The first-order valence-electron chi connectivity index (χ1n) is 8.61. The van der Waals surface area contributed by atoms with Crippen LogP contribution in [0.2, 0.25) is 0 Å². The molecule has 132 valence electrons. The molecule has 0 aromatic carbocycles. The summed E-state index contributed by atoms with van der Waals surface area (Å²) in [6.45, 7) is 5.85. The molecule has 22 heavy (non-hydrogen) atoms. The number of hydrogen-bond donors (Lipinski definition) is 0. The Bertz CT molecular complexity index is 435. The van der Waals surface area contributed by atoms with E-state index in [-0.39, 0.29) is 17.5 Å². The van der Waals surface area contributed by atoms with Crippen molar-refractivity contribution in [3.8, 4) is 0 Å². The molecule has 4 nitrogen and oxygen atoms in total. The molecule has 0 radical (unpaired) electrons. The summed E-state index contributed by atoms with van der Waals surface area (Å²) in [4.78, 5) is 12.6. The first-order valence-corrected chi connectivity index (χ1v) is 12.2. The van der Waals surface area contributed by atoms with E-state index in [0.717, 1.165) is 32.1 Å².